The maximum Gasteiger partial charge on any atom is 0.229 e. The molecule has 0 fully saturated rings. The zero-order valence-corrected chi connectivity index (χ0v) is 12.0. The summed E-state index contributed by atoms with van der Waals surface area (Å²) in [6, 6.07) is 0.133. The minimum Gasteiger partial charge on any atom is -0.380 e. The molecule has 0 amide bonds. The van der Waals surface area contributed by atoms with Crippen molar-refractivity contribution >= 4 is 23.5 Å². The summed E-state index contributed by atoms with van der Waals surface area (Å²) in [7, 11) is 1.73. The number of nitrogens with one attached hydrogen (secondary N) is 2. The largest absolute Gasteiger partial charge is 0.380 e. The molecule has 0 bridgehead atoms. The van der Waals surface area contributed by atoms with Crippen LogP contribution >= 0.6 is 11.6 Å². The molecule has 18 heavy (non-hydrogen) atoms. The highest BCUT2D eigenvalue weighted by Gasteiger charge is 2.15. The van der Waals surface area contributed by atoms with Gasteiger partial charge in [-0.3, -0.25) is 0 Å². The highest BCUT2D eigenvalue weighted by atomic mass is 35.5. The van der Waals surface area contributed by atoms with E-state index < -0.39 is 0 Å². The number of ether oxygens (including phenoxy) is 1. The second-order valence-electron chi connectivity index (χ2n) is 4.16. The van der Waals surface area contributed by atoms with Crippen LogP contribution in [0.3, 0.4) is 0 Å². The molecule has 0 saturated carbocycles. The minimum atomic E-state index is 0.133. The SMILES string of the molecule is CCOCC(Nc1nc(Cl)nc(NC)n1)C(C)C. The third-order valence-corrected chi connectivity index (χ3v) is 2.62. The maximum absolute atomic E-state index is 5.82. The summed E-state index contributed by atoms with van der Waals surface area (Å²) in [6.07, 6.45) is 0. The van der Waals surface area contributed by atoms with Gasteiger partial charge in [0.05, 0.1) is 12.6 Å². The Balaban J connectivity index is 2.76. The van der Waals surface area contributed by atoms with E-state index in [9.17, 15) is 0 Å². The number of hydrogen-bond donors (Lipinski definition) is 2. The lowest BCUT2D eigenvalue weighted by atomic mass is 10.1. The van der Waals surface area contributed by atoms with Crippen LogP contribution in [0.2, 0.25) is 5.28 Å². The third-order valence-electron chi connectivity index (χ3n) is 2.45. The van der Waals surface area contributed by atoms with Gasteiger partial charge in [0.25, 0.3) is 0 Å². The number of halogens is 1. The topological polar surface area (TPSA) is 72.0 Å². The number of aromatic nitrogens is 3. The van der Waals surface area contributed by atoms with Gasteiger partial charge in [-0.2, -0.15) is 15.0 Å². The number of rotatable bonds is 7. The minimum absolute atomic E-state index is 0.133. The van der Waals surface area contributed by atoms with Crippen LogP contribution in [-0.4, -0.2) is 41.3 Å². The Morgan fingerprint density at radius 3 is 2.44 bits per heavy atom. The molecule has 1 aromatic rings. The first-order valence-electron chi connectivity index (χ1n) is 6.00. The molecule has 0 radical (unpaired) electrons. The smallest absolute Gasteiger partial charge is 0.229 e. The normalized spacial score (nSPS) is 12.6. The zero-order chi connectivity index (χ0) is 13.5. The van der Waals surface area contributed by atoms with Crippen molar-refractivity contribution in [2.75, 3.05) is 30.9 Å². The number of nitrogens with zero attached hydrogens (tertiary/aromatic N) is 3. The van der Waals surface area contributed by atoms with Gasteiger partial charge in [0.15, 0.2) is 0 Å². The first-order valence-corrected chi connectivity index (χ1v) is 6.38. The monoisotopic (exact) mass is 273 g/mol. The van der Waals surface area contributed by atoms with E-state index in [4.69, 9.17) is 16.3 Å². The molecule has 1 atom stereocenters. The van der Waals surface area contributed by atoms with E-state index in [-0.39, 0.29) is 11.3 Å². The summed E-state index contributed by atoms with van der Waals surface area (Å²) >= 11 is 5.82. The zero-order valence-electron chi connectivity index (χ0n) is 11.2. The molecule has 0 aliphatic heterocycles. The van der Waals surface area contributed by atoms with Crippen LogP contribution in [0.1, 0.15) is 20.8 Å². The van der Waals surface area contributed by atoms with Crippen LogP contribution in [0, 0.1) is 5.92 Å². The predicted molar refractivity (Wildman–Crippen MR) is 73.1 cm³/mol. The molecule has 0 spiro atoms. The van der Waals surface area contributed by atoms with E-state index in [1.165, 1.54) is 0 Å². The van der Waals surface area contributed by atoms with Crippen LogP contribution in [0.15, 0.2) is 0 Å². The van der Waals surface area contributed by atoms with Crippen molar-refractivity contribution in [1.29, 1.82) is 0 Å². The van der Waals surface area contributed by atoms with Crippen molar-refractivity contribution in [3.8, 4) is 0 Å². The lowest BCUT2D eigenvalue weighted by Crippen LogP contribution is -2.32. The average Bonchev–Trinajstić information content (AvgIpc) is 2.33. The molecule has 1 unspecified atom stereocenters. The average molecular weight is 274 g/mol. The maximum atomic E-state index is 5.82. The summed E-state index contributed by atoms with van der Waals surface area (Å²) in [5.41, 5.74) is 0. The Morgan fingerprint density at radius 1 is 1.22 bits per heavy atom. The molecule has 0 saturated heterocycles. The first kappa shape index (κ1) is 14.9. The molecule has 1 heterocycles. The Morgan fingerprint density at radius 2 is 1.89 bits per heavy atom. The lowest BCUT2D eigenvalue weighted by molar-refractivity contribution is 0.126. The van der Waals surface area contributed by atoms with Crippen LogP contribution in [0.4, 0.5) is 11.9 Å². The van der Waals surface area contributed by atoms with Gasteiger partial charge >= 0.3 is 0 Å². The van der Waals surface area contributed by atoms with E-state index in [2.05, 4.69) is 39.4 Å². The van der Waals surface area contributed by atoms with Crippen LogP contribution < -0.4 is 10.6 Å². The van der Waals surface area contributed by atoms with E-state index in [0.29, 0.717) is 31.0 Å². The highest BCUT2D eigenvalue weighted by molar-refractivity contribution is 6.28. The van der Waals surface area contributed by atoms with Gasteiger partial charge in [-0.1, -0.05) is 13.8 Å². The fourth-order valence-electron chi connectivity index (χ4n) is 1.34. The molecule has 1 rings (SSSR count). The molecule has 0 aliphatic rings. The van der Waals surface area contributed by atoms with Crippen molar-refractivity contribution in [1.82, 2.24) is 15.0 Å². The van der Waals surface area contributed by atoms with E-state index in [1.807, 2.05) is 6.92 Å². The Hall–Kier alpha value is -1.14. The Bertz CT molecular complexity index is 374. The summed E-state index contributed by atoms with van der Waals surface area (Å²) in [6.45, 7) is 7.48. The van der Waals surface area contributed by atoms with Crippen molar-refractivity contribution in [2.45, 2.75) is 26.8 Å². The molecular formula is C11H20ClN5O. The second kappa shape index (κ2) is 7.33. The second-order valence-corrected chi connectivity index (χ2v) is 4.49. The van der Waals surface area contributed by atoms with Gasteiger partial charge in [0.2, 0.25) is 17.2 Å². The first-order chi connectivity index (χ1) is 8.56. The van der Waals surface area contributed by atoms with Crippen LogP contribution in [0.5, 0.6) is 0 Å². The quantitative estimate of drug-likeness (QED) is 0.792. The molecular weight excluding hydrogens is 254 g/mol. The molecule has 6 nitrogen and oxygen atoms in total. The Labute approximate surface area is 113 Å². The van der Waals surface area contributed by atoms with Crippen LogP contribution in [-0.2, 0) is 4.74 Å². The van der Waals surface area contributed by atoms with Crippen molar-refractivity contribution in [3.63, 3.8) is 0 Å². The summed E-state index contributed by atoms with van der Waals surface area (Å²) < 4.78 is 5.43. The number of hydrogen-bond acceptors (Lipinski definition) is 6. The molecule has 2 N–H and O–H groups in total. The fraction of sp³-hybridized carbons (Fsp3) is 0.727. The van der Waals surface area contributed by atoms with Gasteiger partial charge in [-0.05, 0) is 24.4 Å². The van der Waals surface area contributed by atoms with Gasteiger partial charge in [-0.15, -0.1) is 0 Å². The van der Waals surface area contributed by atoms with Gasteiger partial charge in [-0.25, -0.2) is 0 Å². The summed E-state index contributed by atoms with van der Waals surface area (Å²) in [5.74, 6) is 1.29. The van der Waals surface area contributed by atoms with E-state index in [0.717, 1.165) is 0 Å². The molecule has 102 valence electrons. The molecule has 0 aromatic carbocycles. The molecule has 1 aromatic heterocycles. The van der Waals surface area contributed by atoms with Crippen molar-refractivity contribution < 1.29 is 4.74 Å². The van der Waals surface area contributed by atoms with E-state index in [1.54, 1.807) is 7.05 Å². The molecule has 7 heteroatoms. The third kappa shape index (κ3) is 4.62. The summed E-state index contributed by atoms with van der Waals surface area (Å²) in [4.78, 5) is 12.2. The van der Waals surface area contributed by atoms with Gasteiger partial charge in [0.1, 0.15) is 0 Å². The Kier molecular flexibility index (Phi) is 6.07. The predicted octanol–water partition coefficient (Wildman–Crippen LogP) is 2.04. The van der Waals surface area contributed by atoms with E-state index >= 15 is 0 Å². The summed E-state index contributed by atoms with van der Waals surface area (Å²) in [5, 5.41) is 6.22. The van der Waals surface area contributed by atoms with Gasteiger partial charge in [0, 0.05) is 13.7 Å². The van der Waals surface area contributed by atoms with Crippen molar-refractivity contribution in [3.05, 3.63) is 5.28 Å². The fourth-order valence-corrected chi connectivity index (χ4v) is 1.50. The van der Waals surface area contributed by atoms with Crippen molar-refractivity contribution in [2.24, 2.45) is 5.92 Å². The van der Waals surface area contributed by atoms with Gasteiger partial charge < -0.3 is 15.4 Å². The lowest BCUT2D eigenvalue weighted by Gasteiger charge is -2.22. The molecule has 0 aliphatic carbocycles. The standard InChI is InChI=1S/C11H20ClN5O/c1-5-18-6-8(7(2)3)14-11-16-9(12)15-10(13-4)17-11/h7-8H,5-6H2,1-4H3,(H2,13,14,15,16,17). The highest BCUT2D eigenvalue weighted by Crippen LogP contribution is 2.13. The number of anilines is 2. The van der Waals surface area contributed by atoms with Crippen LogP contribution in [0.25, 0.3) is 0 Å².